The van der Waals surface area contributed by atoms with Gasteiger partial charge in [0.1, 0.15) is 11.9 Å². The first-order valence-electron chi connectivity index (χ1n) is 8.06. The monoisotopic (exact) mass is 323 g/mol. The average Bonchev–Trinajstić information content (AvgIpc) is 2.90. The third-order valence-corrected chi connectivity index (χ3v) is 3.93. The molecule has 0 aliphatic carbocycles. The zero-order valence-electron chi connectivity index (χ0n) is 13.4. The van der Waals surface area contributed by atoms with Crippen LogP contribution in [-0.2, 0) is 4.74 Å². The summed E-state index contributed by atoms with van der Waals surface area (Å²) in [7, 11) is 0. The Hall–Kier alpha value is -1.70. The number of aliphatic hydroxyl groups excluding tert-OH is 2. The molecule has 0 radical (unpaired) electrons. The van der Waals surface area contributed by atoms with Crippen LogP contribution >= 0.6 is 0 Å². The summed E-state index contributed by atoms with van der Waals surface area (Å²) < 4.78 is 6.74. The molecule has 0 amide bonds. The van der Waals surface area contributed by atoms with E-state index in [2.05, 4.69) is 11.9 Å². The lowest BCUT2D eigenvalue weighted by atomic mass is 10.1. The fourth-order valence-electron chi connectivity index (χ4n) is 2.63. The van der Waals surface area contributed by atoms with E-state index < -0.39 is 24.1 Å². The molecule has 0 aromatic carbocycles. The quantitative estimate of drug-likeness (QED) is 0.647. The highest BCUT2D eigenvalue weighted by atomic mass is 16.5. The van der Waals surface area contributed by atoms with Crippen LogP contribution in [-0.4, -0.2) is 38.6 Å². The van der Waals surface area contributed by atoms with Gasteiger partial charge in [0.15, 0.2) is 6.23 Å². The zero-order valence-corrected chi connectivity index (χ0v) is 13.4. The molecule has 1 fully saturated rings. The van der Waals surface area contributed by atoms with Crippen molar-refractivity contribution in [1.29, 1.82) is 0 Å². The van der Waals surface area contributed by atoms with Gasteiger partial charge in [-0.2, -0.15) is 4.98 Å². The number of allylic oxidation sites excluding steroid dienone is 1. The number of unbranched alkanes of at least 4 members (excludes halogenated alkanes) is 3. The Kier molecular flexibility index (Phi) is 6.32. The summed E-state index contributed by atoms with van der Waals surface area (Å²) >= 11 is 0. The van der Waals surface area contributed by atoms with Gasteiger partial charge in [0.05, 0.1) is 12.7 Å². The minimum Gasteiger partial charge on any atom is -0.394 e. The molecule has 1 aliphatic heterocycles. The van der Waals surface area contributed by atoms with Gasteiger partial charge in [-0.05, 0) is 12.8 Å². The number of aromatic nitrogens is 2. The Balaban J connectivity index is 2.18. The Morgan fingerprint density at radius 1 is 1.52 bits per heavy atom. The second-order valence-electron chi connectivity index (χ2n) is 5.80. The van der Waals surface area contributed by atoms with Crippen LogP contribution in [0.5, 0.6) is 0 Å². The van der Waals surface area contributed by atoms with Crippen LogP contribution in [0.1, 0.15) is 50.8 Å². The number of rotatable bonds is 7. The third-order valence-electron chi connectivity index (χ3n) is 3.93. The highest BCUT2D eigenvalue weighted by molar-refractivity contribution is 5.59. The first-order chi connectivity index (χ1) is 11.1. The number of nitrogen functional groups attached to an aromatic ring is 1. The smallest absolute Gasteiger partial charge is 0.351 e. The number of nitrogens with zero attached hydrogens (tertiary/aromatic N) is 2. The van der Waals surface area contributed by atoms with Crippen molar-refractivity contribution in [3.8, 4) is 0 Å². The molecule has 7 nitrogen and oxygen atoms in total. The molecule has 0 saturated carbocycles. The van der Waals surface area contributed by atoms with E-state index in [1.165, 1.54) is 11.0 Å². The minimum absolute atomic E-state index is 0.157. The number of aliphatic hydroxyl groups is 2. The van der Waals surface area contributed by atoms with Gasteiger partial charge in [-0.1, -0.05) is 31.9 Å². The molecular weight excluding hydrogens is 298 g/mol. The summed E-state index contributed by atoms with van der Waals surface area (Å²) in [5.74, 6) is 0.157. The van der Waals surface area contributed by atoms with Crippen LogP contribution < -0.4 is 11.4 Å². The average molecular weight is 323 g/mol. The van der Waals surface area contributed by atoms with Crippen LogP contribution in [0.15, 0.2) is 17.1 Å². The van der Waals surface area contributed by atoms with Crippen molar-refractivity contribution in [2.24, 2.45) is 0 Å². The van der Waals surface area contributed by atoms with Gasteiger partial charge in [0.25, 0.3) is 0 Å². The number of nitrogens with two attached hydrogens (primary N) is 1. The van der Waals surface area contributed by atoms with Gasteiger partial charge < -0.3 is 20.7 Å². The number of anilines is 1. The molecule has 2 heterocycles. The van der Waals surface area contributed by atoms with Crippen molar-refractivity contribution in [3.63, 3.8) is 0 Å². The fraction of sp³-hybridized carbons (Fsp3) is 0.625. The molecule has 1 aliphatic rings. The molecule has 7 heteroatoms. The van der Waals surface area contributed by atoms with Crippen LogP contribution in [0.3, 0.4) is 0 Å². The maximum atomic E-state index is 12.0. The Labute approximate surface area is 135 Å². The minimum atomic E-state index is -0.864. The second kappa shape index (κ2) is 8.24. The predicted octanol–water partition coefficient (Wildman–Crippen LogP) is 1.06. The van der Waals surface area contributed by atoms with Crippen molar-refractivity contribution in [1.82, 2.24) is 9.55 Å². The lowest BCUT2D eigenvalue weighted by Crippen LogP contribution is -2.32. The summed E-state index contributed by atoms with van der Waals surface area (Å²) in [6.07, 6.45) is 7.83. The molecule has 3 atom stereocenters. The number of hydrogen-bond donors (Lipinski definition) is 3. The van der Waals surface area contributed by atoms with Crippen LogP contribution in [0.2, 0.25) is 0 Å². The van der Waals surface area contributed by atoms with E-state index in [-0.39, 0.29) is 18.8 Å². The summed E-state index contributed by atoms with van der Waals surface area (Å²) in [6.45, 7) is 1.95. The molecule has 1 aromatic heterocycles. The topological polar surface area (TPSA) is 111 Å². The van der Waals surface area contributed by atoms with Gasteiger partial charge in [-0.25, -0.2) is 4.79 Å². The van der Waals surface area contributed by atoms with E-state index in [4.69, 9.17) is 15.6 Å². The Bertz CT molecular complexity index is 599. The standard InChI is InChI=1S/C16H25N3O4/c1-2-3-4-5-6-7-11-9-19(16(22)18-14(11)17)15-13(21)8-12(10-20)23-15/h6-7,9,12-13,15,20-21H,2-5,8,10H2,1H3,(H2,17,18,22)/b7-6+/t12-,13?,15+/m0/s1. The second-order valence-corrected chi connectivity index (χ2v) is 5.80. The van der Waals surface area contributed by atoms with Crippen molar-refractivity contribution >= 4 is 11.9 Å². The molecule has 0 spiro atoms. The van der Waals surface area contributed by atoms with E-state index in [1.54, 1.807) is 6.20 Å². The van der Waals surface area contributed by atoms with E-state index in [1.807, 2.05) is 12.2 Å². The van der Waals surface area contributed by atoms with E-state index in [9.17, 15) is 9.90 Å². The number of ether oxygens (including phenoxy) is 1. The zero-order chi connectivity index (χ0) is 16.8. The molecule has 1 unspecified atom stereocenters. The molecule has 2 rings (SSSR count). The van der Waals surface area contributed by atoms with Crippen molar-refractivity contribution in [2.75, 3.05) is 12.3 Å². The van der Waals surface area contributed by atoms with Gasteiger partial charge in [-0.3, -0.25) is 4.57 Å². The molecule has 4 N–H and O–H groups in total. The largest absolute Gasteiger partial charge is 0.394 e. The first-order valence-corrected chi connectivity index (χ1v) is 8.06. The SMILES string of the molecule is CCCCC/C=C/c1cn([C@@H]2O[C@H](CO)CC2O)c(=O)nc1N. The summed E-state index contributed by atoms with van der Waals surface area (Å²) in [4.78, 5) is 15.8. The van der Waals surface area contributed by atoms with Crippen LogP contribution in [0.25, 0.3) is 6.08 Å². The maximum absolute atomic E-state index is 12.0. The fourth-order valence-corrected chi connectivity index (χ4v) is 2.63. The summed E-state index contributed by atoms with van der Waals surface area (Å²) in [5, 5.41) is 19.2. The molecule has 1 saturated heterocycles. The third kappa shape index (κ3) is 4.40. The lowest BCUT2D eigenvalue weighted by molar-refractivity contribution is -0.0529. The van der Waals surface area contributed by atoms with Gasteiger partial charge >= 0.3 is 5.69 Å². The van der Waals surface area contributed by atoms with Crippen LogP contribution in [0, 0.1) is 0 Å². The van der Waals surface area contributed by atoms with Crippen LogP contribution in [0.4, 0.5) is 5.82 Å². The van der Waals surface area contributed by atoms with E-state index in [0.29, 0.717) is 5.56 Å². The van der Waals surface area contributed by atoms with E-state index in [0.717, 1.165) is 19.3 Å². The van der Waals surface area contributed by atoms with Crippen molar-refractivity contribution in [3.05, 3.63) is 28.3 Å². The Morgan fingerprint density at radius 3 is 2.96 bits per heavy atom. The highest BCUT2D eigenvalue weighted by Crippen LogP contribution is 2.28. The van der Waals surface area contributed by atoms with Gasteiger partial charge in [0.2, 0.25) is 0 Å². The van der Waals surface area contributed by atoms with Gasteiger partial charge in [0, 0.05) is 18.2 Å². The summed E-state index contributed by atoms with van der Waals surface area (Å²) in [5.41, 5.74) is 5.84. The van der Waals surface area contributed by atoms with E-state index >= 15 is 0 Å². The van der Waals surface area contributed by atoms with Crippen molar-refractivity contribution in [2.45, 2.75) is 57.5 Å². The number of hydrogen-bond acceptors (Lipinski definition) is 6. The molecular formula is C16H25N3O4. The predicted molar refractivity (Wildman–Crippen MR) is 87.7 cm³/mol. The first kappa shape index (κ1) is 17.7. The lowest BCUT2D eigenvalue weighted by Gasteiger charge is -2.18. The molecule has 1 aromatic rings. The summed E-state index contributed by atoms with van der Waals surface area (Å²) in [6, 6.07) is 0. The normalized spacial score (nSPS) is 24.6. The maximum Gasteiger partial charge on any atom is 0.351 e. The van der Waals surface area contributed by atoms with Gasteiger partial charge in [-0.15, -0.1) is 0 Å². The molecule has 0 bridgehead atoms. The molecule has 23 heavy (non-hydrogen) atoms. The molecule has 128 valence electrons. The Morgan fingerprint density at radius 2 is 2.30 bits per heavy atom. The highest BCUT2D eigenvalue weighted by Gasteiger charge is 2.35. The van der Waals surface area contributed by atoms with Crippen molar-refractivity contribution < 1.29 is 14.9 Å².